The van der Waals surface area contributed by atoms with Crippen molar-refractivity contribution in [2.24, 2.45) is 5.41 Å². The van der Waals surface area contributed by atoms with Crippen molar-refractivity contribution >= 4 is 11.3 Å². The average Bonchev–Trinajstić information content (AvgIpc) is 3.14. The zero-order valence-corrected chi connectivity index (χ0v) is 13.7. The van der Waals surface area contributed by atoms with Crippen LogP contribution in [0.4, 0.5) is 0 Å². The molecule has 0 unspecified atom stereocenters. The minimum atomic E-state index is -0.127. The number of hydrogen-bond acceptors (Lipinski definition) is 4. The summed E-state index contributed by atoms with van der Waals surface area (Å²) >= 11 is 1.83. The fourth-order valence-electron chi connectivity index (χ4n) is 2.97. The summed E-state index contributed by atoms with van der Waals surface area (Å²) in [4.78, 5) is 6.02. The predicted octanol–water partition coefficient (Wildman–Crippen LogP) is 3.84. The first kappa shape index (κ1) is 14.5. The summed E-state index contributed by atoms with van der Waals surface area (Å²) in [5, 5.41) is 4.75. The lowest BCUT2D eigenvalue weighted by Gasteiger charge is -2.41. The molecule has 1 heterocycles. The smallest absolute Gasteiger partial charge is 0.125 e. The molecule has 1 aromatic heterocycles. The Kier molecular flexibility index (Phi) is 3.91. The highest BCUT2D eigenvalue weighted by atomic mass is 32.1. The molecule has 1 N–H and O–H groups in total. The largest absolute Gasteiger partial charge is 0.371 e. The molecule has 2 aliphatic carbocycles. The van der Waals surface area contributed by atoms with E-state index in [2.05, 4.69) is 24.1 Å². The Labute approximate surface area is 126 Å². The van der Waals surface area contributed by atoms with Crippen LogP contribution in [0, 0.1) is 5.41 Å². The van der Waals surface area contributed by atoms with Gasteiger partial charge in [-0.3, -0.25) is 0 Å². The number of hydrogen-bond donors (Lipinski definition) is 1. The van der Waals surface area contributed by atoms with Crippen LogP contribution in [0.25, 0.3) is 0 Å². The fourth-order valence-corrected chi connectivity index (χ4v) is 4.06. The first-order valence-corrected chi connectivity index (χ1v) is 8.58. The minimum Gasteiger partial charge on any atom is -0.371 e. The highest BCUT2D eigenvalue weighted by Gasteiger charge is 2.41. The maximum Gasteiger partial charge on any atom is 0.125 e. The molecule has 112 valence electrons. The molecule has 0 bridgehead atoms. The molecule has 2 aliphatic rings. The van der Waals surface area contributed by atoms with Crippen molar-refractivity contribution in [3.8, 4) is 0 Å². The second kappa shape index (κ2) is 5.39. The van der Waals surface area contributed by atoms with Crippen LogP contribution < -0.4 is 5.32 Å². The lowest BCUT2D eigenvalue weighted by molar-refractivity contribution is -0.0667. The van der Waals surface area contributed by atoms with Gasteiger partial charge in [0, 0.05) is 30.8 Å². The highest BCUT2D eigenvalue weighted by molar-refractivity contribution is 7.11. The molecule has 4 heteroatoms. The molecule has 0 aliphatic heterocycles. The van der Waals surface area contributed by atoms with Crippen LogP contribution in [-0.4, -0.2) is 18.1 Å². The average molecular weight is 294 g/mol. The summed E-state index contributed by atoms with van der Waals surface area (Å²) in [6.45, 7) is 5.69. The van der Waals surface area contributed by atoms with E-state index in [0.29, 0.717) is 5.41 Å². The molecule has 1 aromatic rings. The van der Waals surface area contributed by atoms with Gasteiger partial charge in [0.1, 0.15) is 10.6 Å². The molecule has 3 rings (SSSR count). The van der Waals surface area contributed by atoms with Gasteiger partial charge >= 0.3 is 0 Å². The molecule has 0 spiro atoms. The number of nitrogens with one attached hydrogen (secondary N) is 1. The van der Waals surface area contributed by atoms with Crippen molar-refractivity contribution in [3.05, 3.63) is 16.1 Å². The number of methoxy groups -OCH3 is 1. The Hall–Kier alpha value is -0.450. The topological polar surface area (TPSA) is 34.1 Å². The predicted molar refractivity (Wildman–Crippen MR) is 82.9 cm³/mol. The lowest BCUT2D eigenvalue weighted by Crippen LogP contribution is -2.36. The Morgan fingerprint density at radius 1 is 1.30 bits per heavy atom. The van der Waals surface area contributed by atoms with E-state index in [9.17, 15) is 0 Å². The van der Waals surface area contributed by atoms with Crippen LogP contribution in [0.15, 0.2) is 6.20 Å². The summed E-state index contributed by atoms with van der Waals surface area (Å²) in [5.41, 5.74) is 0.327. The first-order chi connectivity index (χ1) is 9.53. The molecule has 3 nitrogen and oxygen atoms in total. The standard InChI is InChI=1S/C16H26N2OS/c1-15(2)6-8-16(19-3,9-7-15)14-18-11-13(20-14)10-17-12-4-5-12/h11-12,17H,4-10H2,1-3H3. The van der Waals surface area contributed by atoms with Crippen LogP contribution in [0.1, 0.15) is 62.3 Å². The van der Waals surface area contributed by atoms with E-state index < -0.39 is 0 Å². The van der Waals surface area contributed by atoms with Crippen molar-refractivity contribution in [3.63, 3.8) is 0 Å². The Morgan fingerprint density at radius 3 is 2.60 bits per heavy atom. The van der Waals surface area contributed by atoms with Crippen molar-refractivity contribution in [2.75, 3.05) is 7.11 Å². The zero-order valence-electron chi connectivity index (χ0n) is 12.9. The molecule has 0 aromatic carbocycles. The summed E-state index contributed by atoms with van der Waals surface area (Å²) in [6, 6.07) is 0.757. The van der Waals surface area contributed by atoms with Gasteiger partial charge in [-0.05, 0) is 43.9 Å². The third-order valence-corrected chi connectivity index (χ3v) is 6.07. The van der Waals surface area contributed by atoms with Crippen molar-refractivity contribution < 1.29 is 4.74 Å². The van der Waals surface area contributed by atoms with E-state index in [1.807, 2.05) is 24.6 Å². The van der Waals surface area contributed by atoms with Gasteiger partial charge in [-0.25, -0.2) is 4.98 Å². The van der Waals surface area contributed by atoms with E-state index in [0.717, 1.165) is 25.4 Å². The Bertz CT molecular complexity index is 455. The summed E-state index contributed by atoms with van der Waals surface area (Å²) in [5.74, 6) is 0. The number of ether oxygens (including phenoxy) is 1. The molecule has 20 heavy (non-hydrogen) atoms. The Balaban J connectivity index is 1.69. The lowest BCUT2D eigenvalue weighted by atomic mass is 9.71. The van der Waals surface area contributed by atoms with Crippen LogP contribution in [0.2, 0.25) is 0 Å². The van der Waals surface area contributed by atoms with Gasteiger partial charge in [-0.15, -0.1) is 11.3 Å². The van der Waals surface area contributed by atoms with Crippen LogP contribution in [-0.2, 0) is 16.9 Å². The number of nitrogens with zero attached hydrogens (tertiary/aromatic N) is 1. The minimum absolute atomic E-state index is 0.127. The quantitative estimate of drug-likeness (QED) is 0.896. The maximum atomic E-state index is 5.94. The van der Waals surface area contributed by atoms with E-state index in [4.69, 9.17) is 4.74 Å². The van der Waals surface area contributed by atoms with Crippen LogP contribution in [0.5, 0.6) is 0 Å². The zero-order chi connectivity index (χ0) is 14.2. The molecular formula is C16H26N2OS. The van der Waals surface area contributed by atoms with E-state index in [-0.39, 0.29) is 5.60 Å². The molecular weight excluding hydrogens is 268 g/mol. The number of rotatable bonds is 5. The van der Waals surface area contributed by atoms with Gasteiger partial charge in [0.2, 0.25) is 0 Å². The van der Waals surface area contributed by atoms with Crippen LogP contribution in [0.3, 0.4) is 0 Å². The van der Waals surface area contributed by atoms with Crippen molar-refractivity contribution in [1.29, 1.82) is 0 Å². The first-order valence-electron chi connectivity index (χ1n) is 7.77. The second-order valence-electron chi connectivity index (χ2n) is 7.15. The van der Waals surface area contributed by atoms with Gasteiger partial charge in [-0.2, -0.15) is 0 Å². The monoisotopic (exact) mass is 294 g/mol. The van der Waals surface area contributed by atoms with Gasteiger partial charge in [0.15, 0.2) is 0 Å². The number of aromatic nitrogens is 1. The molecule has 0 radical (unpaired) electrons. The molecule has 0 amide bonds. The normalized spacial score (nSPS) is 24.8. The third-order valence-electron chi connectivity index (χ3n) is 4.89. The summed E-state index contributed by atoms with van der Waals surface area (Å²) < 4.78 is 5.94. The summed E-state index contributed by atoms with van der Waals surface area (Å²) in [6.07, 6.45) is 9.34. The van der Waals surface area contributed by atoms with E-state index >= 15 is 0 Å². The van der Waals surface area contributed by atoms with Gasteiger partial charge in [0.05, 0.1) is 0 Å². The third kappa shape index (κ3) is 3.07. The molecule has 0 saturated heterocycles. The van der Waals surface area contributed by atoms with E-state index in [1.165, 1.54) is 35.6 Å². The molecule has 2 fully saturated rings. The highest BCUT2D eigenvalue weighted by Crippen LogP contribution is 2.47. The van der Waals surface area contributed by atoms with Gasteiger partial charge in [-0.1, -0.05) is 13.8 Å². The van der Waals surface area contributed by atoms with E-state index in [1.54, 1.807) is 0 Å². The molecule has 2 saturated carbocycles. The van der Waals surface area contributed by atoms with Gasteiger partial charge in [0.25, 0.3) is 0 Å². The van der Waals surface area contributed by atoms with Crippen molar-refractivity contribution in [2.45, 2.75) is 70.6 Å². The Morgan fingerprint density at radius 2 is 2.00 bits per heavy atom. The van der Waals surface area contributed by atoms with Gasteiger partial charge < -0.3 is 10.1 Å². The van der Waals surface area contributed by atoms with Crippen molar-refractivity contribution in [1.82, 2.24) is 10.3 Å². The van der Waals surface area contributed by atoms with Crippen LogP contribution >= 0.6 is 11.3 Å². The number of thiazole rings is 1. The second-order valence-corrected chi connectivity index (χ2v) is 8.26. The molecule has 0 atom stereocenters. The maximum absolute atomic E-state index is 5.94. The summed E-state index contributed by atoms with van der Waals surface area (Å²) in [7, 11) is 1.85. The SMILES string of the molecule is COC1(c2ncc(CNC3CC3)s2)CCC(C)(C)CC1. The fraction of sp³-hybridized carbons (Fsp3) is 0.812.